The Morgan fingerprint density at radius 3 is 2.95 bits per heavy atom. The van der Waals surface area contributed by atoms with Crippen molar-refractivity contribution >= 4 is 17.3 Å². The average Bonchev–Trinajstić information content (AvgIpc) is 3.01. The summed E-state index contributed by atoms with van der Waals surface area (Å²) in [7, 11) is 1.71. The Morgan fingerprint density at radius 1 is 1.38 bits per heavy atom. The third-order valence-electron chi connectivity index (χ3n) is 4.17. The molecule has 0 radical (unpaired) electrons. The largest absolute Gasteiger partial charge is 0.383 e. The highest BCUT2D eigenvalue weighted by Crippen LogP contribution is 2.21. The van der Waals surface area contributed by atoms with Crippen LogP contribution in [-0.4, -0.2) is 56.1 Å². The lowest BCUT2D eigenvalue weighted by atomic mass is 9.94. The van der Waals surface area contributed by atoms with E-state index in [0.717, 1.165) is 37.8 Å². The minimum Gasteiger partial charge on any atom is -0.383 e. The van der Waals surface area contributed by atoms with Gasteiger partial charge < -0.3 is 19.7 Å². The quantitative estimate of drug-likeness (QED) is 0.443. The molecule has 0 saturated carbocycles. The van der Waals surface area contributed by atoms with Crippen LogP contribution in [0, 0.1) is 5.92 Å². The van der Waals surface area contributed by atoms with Crippen LogP contribution in [0.15, 0.2) is 12.2 Å². The number of hydrogen-bond acceptors (Lipinski definition) is 3. The summed E-state index contributed by atoms with van der Waals surface area (Å²) in [5.41, 5.74) is 0. The highest BCUT2D eigenvalue weighted by molar-refractivity contribution is 7.80. The number of thiocarbonyl (C=S) groups is 1. The van der Waals surface area contributed by atoms with Gasteiger partial charge in [0.25, 0.3) is 0 Å². The smallest absolute Gasteiger partial charge is 0.169 e. The molecule has 0 aromatic heterocycles. The standard InChI is InChI=1S/C16H28N2O2S/c1-19-11-9-17-16(21)18(13-15-8-5-10-20-15)12-14-6-3-2-4-7-14/h2-3,14-15H,4-13H2,1H3,(H,17,21)/t14-,15-/m0/s1. The number of hydrogen-bond donors (Lipinski definition) is 1. The average molecular weight is 312 g/mol. The molecule has 2 atom stereocenters. The van der Waals surface area contributed by atoms with Gasteiger partial charge in [-0.15, -0.1) is 0 Å². The first-order chi connectivity index (χ1) is 10.3. The molecule has 0 aromatic rings. The zero-order chi connectivity index (χ0) is 14.9. The van der Waals surface area contributed by atoms with Crippen LogP contribution >= 0.6 is 12.2 Å². The fraction of sp³-hybridized carbons (Fsp3) is 0.812. The van der Waals surface area contributed by atoms with Crippen molar-refractivity contribution in [1.82, 2.24) is 10.2 Å². The summed E-state index contributed by atoms with van der Waals surface area (Å²) in [5.74, 6) is 0.707. The Kier molecular flexibility index (Phi) is 7.47. The number of rotatable bonds is 7. The van der Waals surface area contributed by atoms with Crippen molar-refractivity contribution in [2.45, 2.75) is 38.2 Å². The summed E-state index contributed by atoms with van der Waals surface area (Å²) in [5, 5.41) is 4.15. The molecule has 4 nitrogen and oxygen atoms in total. The normalized spacial score (nSPS) is 25.0. The molecular weight excluding hydrogens is 284 g/mol. The lowest BCUT2D eigenvalue weighted by Gasteiger charge is -2.32. The Balaban J connectivity index is 1.85. The second-order valence-corrected chi connectivity index (χ2v) is 6.30. The minimum atomic E-state index is 0.339. The van der Waals surface area contributed by atoms with Gasteiger partial charge in [-0.05, 0) is 50.2 Å². The molecule has 5 heteroatoms. The molecule has 0 unspecified atom stereocenters. The van der Waals surface area contributed by atoms with Crippen molar-refractivity contribution in [2.75, 3.05) is 40.0 Å². The molecule has 0 bridgehead atoms. The molecule has 0 spiro atoms. The van der Waals surface area contributed by atoms with E-state index in [4.69, 9.17) is 21.7 Å². The highest BCUT2D eigenvalue weighted by atomic mass is 32.1. The topological polar surface area (TPSA) is 33.7 Å². The Labute approximate surface area is 133 Å². The highest BCUT2D eigenvalue weighted by Gasteiger charge is 2.23. The molecule has 1 fully saturated rings. The fourth-order valence-corrected chi connectivity index (χ4v) is 3.23. The molecular formula is C16H28N2O2S. The van der Waals surface area contributed by atoms with E-state index in [-0.39, 0.29) is 0 Å². The molecule has 1 saturated heterocycles. The molecule has 1 heterocycles. The number of nitrogens with zero attached hydrogens (tertiary/aromatic N) is 1. The van der Waals surface area contributed by atoms with Gasteiger partial charge in [0.2, 0.25) is 0 Å². The van der Waals surface area contributed by atoms with Crippen LogP contribution in [-0.2, 0) is 9.47 Å². The summed E-state index contributed by atoms with van der Waals surface area (Å²) in [6, 6.07) is 0. The first-order valence-electron chi connectivity index (χ1n) is 8.08. The van der Waals surface area contributed by atoms with E-state index >= 15 is 0 Å². The van der Waals surface area contributed by atoms with Crippen LogP contribution in [0.5, 0.6) is 0 Å². The van der Waals surface area contributed by atoms with Crippen LogP contribution in [0.4, 0.5) is 0 Å². The Bertz CT molecular complexity index is 343. The van der Waals surface area contributed by atoms with Crippen LogP contribution < -0.4 is 5.32 Å². The molecule has 0 amide bonds. The minimum absolute atomic E-state index is 0.339. The molecule has 120 valence electrons. The summed E-state index contributed by atoms with van der Waals surface area (Å²) in [6.45, 7) is 4.29. The number of methoxy groups -OCH3 is 1. The number of nitrogens with one attached hydrogen (secondary N) is 1. The van der Waals surface area contributed by atoms with E-state index in [2.05, 4.69) is 22.4 Å². The van der Waals surface area contributed by atoms with Gasteiger partial charge in [-0.2, -0.15) is 0 Å². The number of allylic oxidation sites excluding steroid dienone is 2. The van der Waals surface area contributed by atoms with Crippen molar-refractivity contribution in [3.63, 3.8) is 0 Å². The van der Waals surface area contributed by atoms with Gasteiger partial charge in [-0.25, -0.2) is 0 Å². The van der Waals surface area contributed by atoms with Crippen LogP contribution in [0.1, 0.15) is 32.1 Å². The van der Waals surface area contributed by atoms with Gasteiger partial charge in [0.05, 0.1) is 12.7 Å². The third kappa shape index (κ3) is 5.93. The van der Waals surface area contributed by atoms with E-state index in [9.17, 15) is 0 Å². The molecule has 2 rings (SSSR count). The van der Waals surface area contributed by atoms with Crippen molar-refractivity contribution in [3.8, 4) is 0 Å². The van der Waals surface area contributed by atoms with E-state index in [1.807, 2.05) is 0 Å². The summed E-state index contributed by atoms with van der Waals surface area (Å²) >= 11 is 5.58. The van der Waals surface area contributed by atoms with Crippen molar-refractivity contribution in [3.05, 3.63) is 12.2 Å². The van der Waals surface area contributed by atoms with Gasteiger partial charge in [-0.1, -0.05) is 12.2 Å². The summed E-state index contributed by atoms with van der Waals surface area (Å²) in [4.78, 5) is 2.31. The van der Waals surface area contributed by atoms with Gasteiger partial charge >= 0.3 is 0 Å². The van der Waals surface area contributed by atoms with Crippen molar-refractivity contribution in [1.29, 1.82) is 0 Å². The van der Waals surface area contributed by atoms with Gasteiger partial charge in [0, 0.05) is 33.4 Å². The van der Waals surface area contributed by atoms with E-state index in [0.29, 0.717) is 18.6 Å². The van der Waals surface area contributed by atoms with E-state index in [1.54, 1.807) is 7.11 Å². The number of ether oxygens (including phenoxy) is 2. The first kappa shape index (κ1) is 16.7. The molecule has 0 aromatic carbocycles. The zero-order valence-corrected chi connectivity index (χ0v) is 13.9. The lowest BCUT2D eigenvalue weighted by molar-refractivity contribution is 0.0872. The van der Waals surface area contributed by atoms with Gasteiger partial charge in [0.15, 0.2) is 5.11 Å². The monoisotopic (exact) mass is 312 g/mol. The van der Waals surface area contributed by atoms with Gasteiger partial charge in [-0.3, -0.25) is 0 Å². The van der Waals surface area contributed by atoms with Crippen LogP contribution in [0.25, 0.3) is 0 Å². The van der Waals surface area contributed by atoms with Crippen LogP contribution in [0.2, 0.25) is 0 Å². The second-order valence-electron chi connectivity index (χ2n) is 5.92. The molecule has 21 heavy (non-hydrogen) atoms. The maximum Gasteiger partial charge on any atom is 0.169 e. The molecule has 1 aliphatic carbocycles. The summed E-state index contributed by atoms with van der Waals surface area (Å²) in [6.07, 6.45) is 10.9. The Hall–Kier alpha value is -0.650. The third-order valence-corrected chi connectivity index (χ3v) is 4.58. The van der Waals surface area contributed by atoms with Gasteiger partial charge in [0.1, 0.15) is 0 Å². The van der Waals surface area contributed by atoms with E-state index < -0.39 is 0 Å². The Morgan fingerprint density at radius 2 is 2.29 bits per heavy atom. The molecule has 1 aliphatic heterocycles. The maximum absolute atomic E-state index is 5.78. The fourth-order valence-electron chi connectivity index (χ4n) is 2.98. The molecule has 2 aliphatic rings. The van der Waals surface area contributed by atoms with Crippen LogP contribution in [0.3, 0.4) is 0 Å². The first-order valence-corrected chi connectivity index (χ1v) is 8.48. The van der Waals surface area contributed by atoms with Crippen molar-refractivity contribution in [2.24, 2.45) is 5.92 Å². The SMILES string of the molecule is COCCNC(=S)N(C[C@H]1CC=CCC1)C[C@@H]1CCCO1. The second kappa shape index (κ2) is 9.38. The predicted octanol–water partition coefficient (Wildman–Crippen LogP) is 2.34. The predicted molar refractivity (Wildman–Crippen MR) is 89.5 cm³/mol. The lowest BCUT2D eigenvalue weighted by Crippen LogP contribution is -2.46. The van der Waals surface area contributed by atoms with E-state index in [1.165, 1.54) is 25.7 Å². The summed E-state index contributed by atoms with van der Waals surface area (Å²) < 4.78 is 10.9. The zero-order valence-electron chi connectivity index (χ0n) is 13.1. The molecule has 1 N–H and O–H groups in total. The maximum atomic E-state index is 5.78. The van der Waals surface area contributed by atoms with Crippen molar-refractivity contribution < 1.29 is 9.47 Å².